The molecule has 3 heteroatoms. The van der Waals surface area contributed by atoms with Crippen LogP contribution in [0.3, 0.4) is 0 Å². The molecule has 0 aliphatic rings. The second kappa shape index (κ2) is 8.08. The SMILES string of the molecule is CCC(C)(CN)OCCOCCC(C)C. The summed E-state index contributed by atoms with van der Waals surface area (Å²) in [5.41, 5.74) is 5.45. The highest BCUT2D eigenvalue weighted by Crippen LogP contribution is 2.12. The van der Waals surface area contributed by atoms with Gasteiger partial charge in [-0.05, 0) is 25.7 Å². The van der Waals surface area contributed by atoms with Gasteiger partial charge >= 0.3 is 0 Å². The Bertz CT molecular complexity index is 145. The third kappa shape index (κ3) is 7.77. The maximum absolute atomic E-state index is 5.68. The lowest BCUT2D eigenvalue weighted by molar-refractivity contribution is -0.0539. The second-order valence-electron chi connectivity index (χ2n) is 4.65. The van der Waals surface area contributed by atoms with E-state index in [-0.39, 0.29) is 5.60 Å². The fourth-order valence-corrected chi connectivity index (χ4v) is 1.07. The van der Waals surface area contributed by atoms with Crippen LogP contribution in [-0.4, -0.2) is 32.0 Å². The van der Waals surface area contributed by atoms with Crippen LogP contribution < -0.4 is 5.73 Å². The van der Waals surface area contributed by atoms with Gasteiger partial charge in [0.1, 0.15) is 0 Å². The summed E-state index contributed by atoms with van der Waals surface area (Å²) in [6.07, 6.45) is 2.05. The Hall–Kier alpha value is -0.120. The number of ether oxygens (including phenoxy) is 2. The molecule has 0 aromatic rings. The Labute approximate surface area is 94.3 Å². The van der Waals surface area contributed by atoms with Crippen LogP contribution in [0.2, 0.25) is 0 Å². The number of hydrogen-bond donors (Lipinski definition) is 1. The van der Waals surface area contributed by atoms with Crippen molar-refractivity contribution in [3.63, 3.8) is 0 Å². The van der Waals surface area contributed by atoms with Gasteiger partial charge in [-0.2, -0.15) is 0 Å². The summed E-state index contributed by atoms with van der Waals surface area (Å²) in [4.78, 5) is 0. The van der Waals surface area contributed by atoms with Gasteiger partial charge in [0.25, 0.3) is 0 Å². The standard InChI is InChI=1S/C12H27NO2/c1-5-12(4,10-13)15-9-8-14-7-6-11(2)3/h11H,5-10,13H2,1-4H3. The first-order valence-electron chi connectivity index (χ1n) is 5.96. The normalized spacial score (nSPS) is 15.6. The molecule has 0 saturated heterocycles. The van der Waals surface area contributed by atoms with Crippen molar-refractivity contribution < 1.29 is 9.47 Å². The summed E-state index contributed by atoms with van der Waals surface area (Å²) in [5.74, 6) is 0.705. The van der Waals surface area contributed by atoms with Crippen molar-refractivity contribution in [3.05, 3.63) is 0 Å². The van der Waals surface area contributed by atoms with E-state index in [2.05, 4.69) is 20.8 Å². The second-order valence-corrected chi connectivity index (χ2v) is 4.65. The zero-order chi connectivity index (χ0) is 11.7. The van der Waals surface area contributed by atoms with Crippen molar-refractivity contribution in [3.8, 4) is 0 Å². The van der Waals surface area contributed by atoms with Crippen LogP contribution >= 0.6 is 0 Å². The Morgan fingerprint density at radius 2 is 1.87 bits per heavy atom. The Kier molecular flexibility index (Phi) is 8.02. The largest absolute Gasteiger partial charge is 0.379 e. The van der Waals surface area contributed by atoms with E-state index in [1.165, 1.54) is 0 Å². The smallest absolute Gasteiger partial charge is 0.0774 e. The van der Waals surface area contributed by atoms with E-state index in [1.54, 1.807) is 0 Å². The minimum Gasteiger partial charge on any atom is -0.379 e. The van der Waals surface area contributed by atoms with Gasteiger partial charge in [0, 0.05) is 13.2 Å². The number of hydrogen-bond acceptors (Lipinski definition) is 3. The molecule has 2 N–H and O–H groups in total. The number of rotatable bonds is 9. The highest BCUT2D eigenvalue weighted by Gasteiger charge is 2.19. The van der Waals surface area contributed by atoms with Crippen LogP contribution in [0.1, 0.15) is 40.5 Å². The van der Waals surface area contributed by atoms with Crippen molar-refractivity contribution in [1.82, 2.24) is 0 Å². The quantitative estimate of drug-likeness (QED) is 0.602. The monoisotopic (exact) mass is 217 g/mol. The molecule has 0 radical (unpaired) electrons. The number of nitrogens with two attached hydrogens (primary N) is 1. The Balaban J connectivity index is 3.37. The summed E-state index contributed by atoms with van der Waals surface area (Å²) in [6.45, 7) is 11.2. The first-order chi connectivity index (χ1) is 7.04. The van der Waals surface area contributed by atoms with Gasteiger partial charge < -0.3 is 15.2 Å². The topological polar surface area (TPSA) is 44.5 Å². The maximum atomic E-state index is 5.68. The third-order valence-electron chi connectivity index (χ3n) is 2.70. The minimum absolute atomic E-state index is 0.179. The lowest BCUT2D eigenvalue weighted by Crippen LogP contribution is -2.37. The Morgan fingerprint density at radius 1 is 1.20 bits per heavy atom. The van der Waals surface area contributed by atoms with E-state index < -0.39 is 0 Å². The summed E-state index contributed by atoms with van der Waals surface area (Å²) in [7, 11) is 0. The summed E-state index contributed by atoms with van der Waals surface area (Å²) in [6, 6.07) is 0. The molecule has 0 fully saturated rings. The lowest BCUT2D eigenvalue weighted by Gasteiger charge is -2.26. The highest BCUT2D eigenvalue weighted by atomic mass is 16.5. The maximum Gasteiger partial charge on any atom is 0.0774 e. The van der Waals surface area contributed by atoms with E-state index >= 15 is 0 Å². The van der Waals surface area contributed by atoms with Crippen LogP contribution in [0, 0.1) is 5.92 Å². The van der Waals surface area contributed by atoms with Crippen LogP contribution in [-0.2, 0) is 9.47 Å². The fourth-order valence-electron chi connectivity index (χ4n) is 1.07. The van der Waals surface area contributed by atoms with Crippen molar-refractivity contribution in [1.29, 1.82) is 0 Å². The third-order valence-corrected chi connectivity index (χ3v) is 2.70. The van der Waals surface area contributed by atoms with Crippen LogP contribution in [0.4, 0.5) is 0 Å². The van der Waals surface area contributed by atoms with Crippen LogP contribution in [0.25, 0.3) is 0 Å². The Morgan fingerprint density at radius 3 is 2.33 bits per heavy atom. The van der Waals surface area contributed by atoms with Crippen molar-refractivity contribution in [2.24, 2.45) is 11.7 Å². The molecule has 0 aliphatic heterocycles. The summed E-state index contributed by atoms with van der Waals surface area (Å²) < 4.78 is 11.1. The van der Waals surface area contributed by atoms with E-state index in [0.717, 1.165) is 19.4 Å². The molecule has 0 aromatic heterocycles. The summed E-state index contributed by atoms with van der Waals surface area (Å²) in [5, 5.41) is 0. The predicted octanol–water partition coefficient (Wildman–Crippen LogP) is 2.19. The van der Waals surface area contributed by atoms with Crippen molar-refractivity contribution in [2.45, 2.75) is 46.1 Å². The van der Waals surface area contributed by atoms with Gasteiger partial charge in [-0.25, -0.2) is 0 Å². The fraction of sp³-hybridized carbons (Fsp3) is 1.00. The molecule has 0 amide bonds. The van der Waals surface area contributed by atoms with Gasteiger partial charge in [0.15, 0.2) is 0 Å². The molecule has 0 bridgehead atoms. The molecule has 0 saturated carbocycles. The van der Waals surface area contributed by atoms with E-state index in [0.29, 0.717) is 25.7 Å². The van der Waals surface area contributed by atoms with Gasteiger partial charge in [0.2, 0.25) is 0 Å². The minimum atomic E-state index is -0.179. The van der Waals surface area contributed by atoms with Crippen LogP contribution in [0.5, 0.6) is 0 Å². The molecular formula is C12H27NO2. The average molecular weight is 217 g/mol. The van der Waals surface area contributed by atoms with Gasteiger partial charge in [-0.3, -0.25) is 0 Å². The molecule has 0 rings (SSSR count). The summed E-state index contributed by atoms with van der Waals surface area (Å²) >= 11 is 0. The first kappa shape index (κ1) is 14.9. The van der Waals surface area contributed by atoms with Gasteiger partial charge in [-0.15, -0.1) is 0 Å². The van der Waals surface area contributed by atoms with E-state index in [1.807, 2.05) is 6.92 Å². The molecule has 15 heavy (non-hydrogen) atoms. The molecule has 0 aliphatic carbocycles. The first-order valence-corrected chi connectivity index (χ1v) is 5.96. The molecular weight excluding hydrogens is 190 g/mol. The average Bonchev–Trinajstić information content (AvgIpc) is 2.22. The molecule has 0 aromatic carbocycles. The van der Waals surface area contributed by atoms with E-state index in [4.69, 9.17) is 15.2 Å². The van der Waals surface area contributed by atoms with Crippen molar-refractivity contribution >= 4 is 0 Å². The van der Waals surface area contributed by atoms with Gasteiger partial charge in [-0.1, -0.05) is 20.8 Å². The molecule has 0 heterocycles. The van der Waals surface area contributed by atoms with E-state index in [9.17, 15) is 0 Å². The van der Waals surface area contributed by atoms with Crippen molar-refractivity contribution in [2.75, 3.05) is 26.4 Å². The zero-order valence-electron chi connectivity index (χ0n) is 10.7. The lowest BCUT2D eigenvalue weighted by atomic mass is 10.0. The predicted molar refractivity (Wildman–Crippen MR) is 64.0 cm³/mol. The molecule has 1 unspecified atom stereocenters. The van der Waals surface area contributed by atoms with Crippen LogP contribution in [0.15, 0.2) is 0 Å². The molecule has 0 spiro atoms. The molecule has 3 nitrogen and oxygen atoms in total. The molecule has 1 atom stereocenters. The van der Waals surface area contributed by atoms with Gasteiger partial charge in [0.05, 0.1) is 18.8 Å². The zero-order valence-corrected chi connectivity index (χ0v) is 10.7. The highest BCUT2D eigenvalue weighted by molar-refractivity contribution is 4.73. The molecule has 92 valence electrons.